The molecule has 0 fully saturated rings. The molecule has 1 N–H and O–H groups in total. The quantitative estimate of drug-likeness (QED) is 0.760. The number of hydrogen-bond acceptors (Lipinski definition) is 3. The van der Waals surface area contributed by atoms with Gasteiger partial charge >= 0.3 is 0 Å². The first-order valence-corrected chi connectivity index (χ1v) is 7.45. The number of thiophene rings is 1. The predicted molar refractivity (Wildman–Crippen MR) is 75.8 cm³/mol. The van der Waals surface area contributed by atoms with Gasteiger partial charge in [-0.15, -0.1) is 11.3 Å². The van der Waals surface area contributed by atoms with Crippen LogP contribution in [0.1, 0.15) is 49.4 Å². The topological polar surface area (TPSA) is 21.3 Å². The molecule has 0 aromatic carbocycles. The van der Waals surface area contributed by atoms with Gasteiger partial charge in [0.05, 0.1) is 12.1 Å². The summed E-state index contributed by atoms with van der Waals surface area (Å²) in [5.41, 5.74) is 0. The number of rotatable bonds is 8. The molecule has 0 amide bonds. The molecular weight excluding hydrogens is 230 g/mol. The Kier molecular flexibility index (Phi) is 6.78. The van der Waals surface area contributed by atoms with Gasteiger partial charge in [0, 0.05) is 16.4 Å². The molecule has 0 aliphatic heterocycles. The van der Waals surface area contributed by atoms with E-state index in [1.54, 1.807) is 0 Å². The number of nitrogens with one attached hydrogen (secondary N) is 1. The van der Waals surface area contributed by atoms with Crippen LogP contribution in [-0.4, -0.2) is 19.3 Å². The SMILES string of the molecule is CCCC(OCC)C(NCC)c1ccc(C)s1. The second-order valence-corrected chi connectivity index (χ2v) is 5.59. The lowest BCUT2D eigenvalue weighted by molar-refractivity contribution is 0.0289. The Bertz CT molecular complexity index is 305. The standard InChI is InChI=1S/C14H25NOS/c1-5-8-12(16-7-3)14(15-6-2)13-10-9-11(4)17-13/h9-10,12,14-15H,5-8H2,1-4H3. The van der Waals surface area contributed by atoms with Gasteiger partial charge in [0.2, 0.25) is 0 Å². The van der Waals surface area contributed by atoms with Gasteiger partial charge in [0.15, 0.2) is 0 Å². The summed E-state index contributed by atoms with van der Waals surface area (Å²) >= 11 is 1.87. The Hall–Kier alpha value is -0.380. The Labute approximate surface area is 109 Å². The minimum Gasteiger partial charge on any atom is -0.376 e. The Morgan fingerprint density at radius 3 is 2.53 bits per heavy atom. The average Bonchev–Trinajstić information content (AvgIpc) is 2.72. The van der Waals surface area contributed by atoms with E-state index in [2.05, 4.69) is 45.1 Å². The molecule has 3 heteroatoms. The molecule has 0 saturated carbocycles. The van der Waals surface area contributed by atoms with Gasteiger partial charge in [0.25, 0.3) is 0 Å². The number of likely N-dealkylation sites (N-methyl/N-ethyl adjacent to an activating group) is 1. The van der Waals surface area contributed by atoms with Crippen LogP contribution >= 0.6 is 11.3 Å². The van der Waals surface area contributed by atoms with Crippen molar-refractivity contribution in [2.75, 3.05) is 13.2 Å². The molecular formula is C14H25NOS. The lowest BCUT2D eigenvalue weighted by Crippen LogP contribution is -2.33. The molecule has 1 rings (SSSR count). The molecule has 0 saturated heterocycles. The highest BCUT2D eigenvalue weighted by Crippen LogP contribution is 2.28. The van der Waals surface area contributed by atoms with Crippen LogP contribution in [0, 0.1) is 6.92 Å². The van der Waals surface area contributed by atoms with Crippen molar-refractivity contribution in [1.29, 1.82) is 0 Å². The van der Waals surface area contributed by atoms with Gasteiger partial charge in [-0.2, -0.15) is 0 Å². The van der Waals surface area contributed by atoms with E-state index in [4.69, 9.17) is 4.74 Å². The third-order valence-electron chi connectivity index (χ3n) is 2.82. The zero-order valence-corrected chi connectivity index (χ0v) is 12.3. The minimum absolute atomic E-state index is 0.294. The summed E-state index contributed by atoms with van der Waals surface area (Å²) in [6, 6.07) is 4.77. The molecule has 2 nitrogen and oxygen atoms in total. The molecule has 17 heavy (non-hydrogen) atoms. The van der Waals surface area contributed by atoms with Crippen LogP contribution in [0.3, 0.4) is 0 Å². The van der Waals surface area contributed by atoms with Gasteiger partial charge < -0.3 is 10.1 Å². The maximum absolute atomic E-state index is 5.90. The summed E-state index contributed by atoms with van der Waals surface area (Å²) in [5.74, 6) is 0. The summed E-state index contributed by atoms with van der Waals surface area (Å²) in [6.45, 7) is 10.4. The fourth-order valence-electron chi connectivity index (χ4n) is 2.10. The van der Waals surface area contributed by atoms with Crippen LogP contribution in [0.25, 0.3) is 0 Å². The normalized spacial score (nSPS) is 14.8. The zero-order valence-electron chi connectivity index (χ0n) is 11.5. The molecule has 0 spiro atoms. The zero-order chi connectivity index (χ0) is 12.7. The fourth-order valence-corrected chi connectivity index (χ4v) is 3.11. The van der Waals surface area contributed by atoms with Crippen LogP contribution < -0.4 is 5.32 Å². The van der Waals surface area contributed by atoms with Crippen molar-refractivity contribution in [3.8, 4) is 0 Å². The third-order valence-corrected chi connectivity index (χ3v) is 3.90. The molecule has 0 aliphatic carbocycles. The van der Waals surface area contributed by atoms with Crippen molar-refractivity contribution in [3.63, 3.8) is 0 Å². The van der Waals surface area contributed by atoms with E-state index in [1.807, 2.05) is 11.3 Å². The molecule has 0 bridgehead atoms. The maximum Gasteiger partial charge on any atom is 0.0777 e. The molecule has 2 atom stereocenters. The van der Waals surface area contributed by atoms with Crippen molar-refractivity contribution < 1.29 is 4.74 Å². The minimum atomic E-state index is 0.294. The van der Waals surface area contributed by atoms with E-state index < -0.39 is 0 Å². The molecule has 98 valence electrons. The van der Waals surface area contributed by atoms with Crippen molar-refractivity contribution >= 4 is 11.3 Å². The molecule has 1 aromatic heterocycles. The van der Waals surface area contributed by atoms with Crippen LogP contribution in [0.4, 0.5) is 0 Å². The maximum atomic E-state index is 5.90. The number of ether oxygens (including phenoxy) is 1. The molecule has 0 radical (unpaired) electrons. The average molecular weight is 255 g/mol. The van der Waals surface area contributed by atoms with Crippen LogP contribution in [0.15, 0.2) is 12.1 Å². The lowest BCUT2D eigenvalue weighted by atomic mass is 10.0. The third kappa shape index (κ3) is 4.41. The van der Waals surface area contributed by atoms with Gasteiger partial charge in [-0.25, -0.2) is 0 Å². The van der Waals surface area contributed by atoms with Gasteiger partial charge in [0.1, 0.15) is 0 Å². The number of aryl methyl sites for hydroxylation is 1. The van der Waals surface area contributed by atoms with E-state index in [0.29, 0.717) is 12.1 Å². The van der Waals surface area contributed by atoms with Gasteiger partial charge in [-0.1, -0.05) is 20.3 Å². The van der Waals surface area contributed by atoms with Gasteiger partial charge in [-0.3, -0.25) is 0 Å². The second-order valence-electron chi connectivity index (χ2n) is 4.27. The monoisotopic (exact) mass is 255 g/mol. The fraction of sp³-hybridized carbons (Fsp3) is 0.714. The van der Waals surface area contributed by atoms with Crippen LogP contribution in [0.2, 0.25) is 0 Å². The van der Waals surface area contributed by atoms with Gasteiger partial charge in [-0.05, 0) is 38.9 Å². The molecule has 1 heterocycles. The van der Waals surface area contributed by atoms with Crippen molar-refractivity contribution in [1.82, 2.24) is 5.32 Å². The highest BCUT2D eigenvalue weighted by atomic mass is 32.1. The summed E-state index contributed by atoms with van der Waals surface area (Å²) < 4.78 is 5.90. The lowest BCUT2D eigenvalue weighted by Gasteiger charge is -2.26. The van der Waals surface area contributed by atoms with E-state index in [0.717, 1.165) is 26.0 Å². The molecule has 2 unspecified atom stereocenters. The summed E-state index contributed by atoms with van der Waals surface area (Å²) in [4.78, 5) is 2.77. The van der Waals surface area contributed by atoms with Crippen LogP contribution in [0.5, 0.6) is 0 Å². The van der Waals surface area contributed by atoms with Crippen molar-refractivity contribution in [3.05, 3.63) is 21.9 Å². The van der Waals surface area contributed by atoms with E-state index in [-0.39, 0.29) is 0 Å². The van der Waals surface area contributed by atoms with Crippen molar-refractivity contribution in [2.45, 2.75) is 52.7 Å². The Morgan fingerprint density at radius 2 is 2.06 bits per heavy atom. The van der Waals surface area contributed by atoms with E-state index in [9.17, 15) is 0 Å². The summed E-state index contributed by atoms with van der Waals surface area (Å²) in [5, 5.41) is 3.57. The Balaban J connectivity index is 2.80. The van der Waals surface area contributed by atoms with Crippen LogP contribution in [-0.2, 0) is 4.74 Å². The predicted octanol–water partition coefficient (Wildman–Crippen LogP) is 3.91. The summed E-state index contributed by atoms with van der Waals surface area (Å²) in [6.07, 6.45) is 2.57. The number of hydrogen-bond donors (Lipinski definition) is 1. The first kappa shape index (κ1) is 14.7. The first-order chi connectivity index (χ1) is 8.22. The first-order valence-electron chi connectivity index (χ1n) is 6.64. The van der Waals surface area contributed by atoms with E-state index in [1.165, 1.54) is 9.75 Å². The largest absolute Gasteiger partial charge is 0.376 e. The van der Waals surface area contributed by atoms with E-state index >= 15 is 0 Å². The summed E-state index contributed by atoms with van der Waals surface area (Å²) in [7, 11) is 0. The smallest absolute Gasteiger partial charge is 0.0777 e. The highest BCUT2D eigenvalue weighted by Gasteiger charge is 2.23. The molecule has 0 aliphatic rings. The Morgan fingerprint density at radius 1 is 1.29 bits per heavy atom. The van der Waals surface area contributed by atoms with Crippen molar-refractivity contribution in [2.24, 2.45) is 0 Å². The molecule has 1 aromatic rings. The second kappa shape index (κ2) is 7.85. The highest BCUT2D eigenvalue weighted by molar-refractivity contribution is 7.12.